The van der Waals surface area contributed by atoms with Gasteiger partial charge in [-0.15, -0.1) is 0 Å². The number of halogens is 1. The minimum atomic E-state index is -1.82. The standard InChI is InChI=1S/C20H25FO3/c1-11-8-15-13-4-5-16(23)18(13,2)10-17(24)20(15,21)19(3)7-6-12(22)9-14(11)19/h6-7,9,11,13,15,17,24H,4-5,8,10H2,1-3H3/t11-,13-,15-,17-,18-,19-,20-/m0/s1. The van der Waals surface area contributed by atoms with Crippen molar-refractivity contribution in [3.63, 3.8) is 0 Å². The van der Waals surface area contributed by atoms with Gasteiger partial charge in [-0.25, -0.2) is 4.39 Å². The van der Waals surface area contributed by atoms with E-state index in [9.17, 15) is 14.7 Å². The molecule has 0 saturated heterocycles. The largest absolute Gasteiger partial charge is 0.390 e. The highest BCUT2D eigenvalue weighted by atomic mass is 19.1. The number of hydrogen-bond acceptors (Lipinski definition) is 3. The van der Waals surface area contributed by atoms with E-state index in [1.165, 1.54) is 6.08 Å². The number of Topliss-reactive ketones (excluding diaryl/α,β-unsaturated/α-hetero) is 1. The molecule has 4 aliphatic carbocycles. The Balaban J connectivity index is 1.88. The van der Waals surface area contributed by atoms with Gasteiger partial charge in [0.05, 0.1) is 6.10 Å². The number of rotatable bonds is 0. The van der Waals surface area contributed by atoms with Gasteiger partial charge in [0.15, 0.2) is 11.5 Å². The highest BCUT2D eigenvalue weighted by Crippen LogP contribution is 2.67. The Morgan fingerprint density at radius 2 is 1.96 bits per heavy atom. The zero-order valence-corrected chi connectivity index (χ0v) is 14.5. The van der Waals surface area contributed by atoms with Gasteiger partial charge in [0, 0.05) is 23.2 Å². The monoisotopic (exact) mass is 332 g/mol. The van der Waals surface area contributed by atoms with E-state index in [-0.39, 0.29) is 35.7 Å². The molecule has 7 atom stereocenters. The van der Waals surface area contributed by atoms with Crippen LogP contribution < -0.4 is 0 Å². The zero-order chi connectivity index (χ0) is 17.5. The fourth-order valence-electron chi connectivity index (χ4n) is 6.37. The van der Waals surface area contributed by atoms with Crippen molar-refractivity contribution in [3.8, 4) is 0 Å². The zero-order valence-electron chi connectivity index (χ0n) is 14.5. The van der Waals surface area contributed by atoms with Crippen LogP contribution in [0.1, 0.15) is 46.5 Å². The van der Waals surface area contributed by atoms with E-state index in [1.54, 1.807) is 12.2 Å². The van der Waals surface area contributed by atoms with Crippen LogP contribution in [0.15, 0.2) is 23.8 Å². The van der Waals surface area contributed by atoms with Gasteiger partial charge in [0.2, 0.25) is 0 Å². The molecule has 24 heavy (non-hydrogen) atoms. The highest BCUT2D eigenvalue weighted by molar-refractivity contribution is 6.01. The average molecular weight is 332 g/mol. The summed E-state index contributed by atoms with van der Waals surface area (Å²) in [6.07, 6.45) is 5.43. The molecule has 0 aliphatic heterocycles. The van der Waals surface area contributed by atoms with Crippen LogP contribution in [-0.4, -0.2) is 28.4 Å². The molecule has 4 heteroatoms. The Bertz CT molecular complexity index is 695. The lowest BCUT2D eigenvalue weighted by Gasteiger charge is -2.62. The number of hydrogen-bond donors (Lipinski definition) is 1. The number of ketones is 2. The molecule has 0 spiro atoms. The summed E-state index contributed by atoms with van der Waals surface area (Å²) >= 11 is 0. The molecule has 3 fully saturated rings. The molecule has 0 amide bonds. The summed E-state index contributed by atoms with van der Waals surface area (Å²) in [7, 11) is 0. The van der Waals surface area contributed by atoms with E-state index >= 15 is 4.39 Å². The third-order valence-corrected chi connectivity index (χ3v) is 7.68. The summed E-state index contributed by atoms with van der Waals surface area (Å²) < 4.78 is 16.6. The second-order valence-electron chi connectivity index (χ2n) is 8.75. The quantitative estimate of drug-likeness (QED) is 0.741. The maximum Gasteiger partial charge on any atom is 0.178 e. The molecule has 0 aromatic rings. The molecular formula is C20H25FO3. The van der Waals surface area contributed by atoms with Crippen LogP contribution in [0.5, 0.6) is 0 Å². The lowest BCUT2D eigenvalue weighted by atomic mass is 9.44. The minimum absolute atomic E-state index is 0.0229. The van der Waals surface area contributed by atoms with E-state index in [4.69, 9.17) is 0 Å². The van der Waals surface area contributed by atoms with E-state index < -0.39 is 22.6 Å². The first kappa shape index (κ1) is 16.2. The van der Waals surface area contributed by atoms with Gasteiger partial charge in [-0.05, 0) is 50.2 Å². The Morgan fingerprint density at radius 1 is 1.25 bits per heavy atom. The molecule has 0 radical (unpaired) electrons. The molecular weight excluding hydrogens is 307 g/mol. The maximum atomic E-state index is 16.6. The number of aliphatic hydroxyl groups excluding tert-OH is 1. The number of fused-ring (bicyclic) bond motifs is 5. The van der Waals surface area contributed by atoms with Gasteiger partial charge >= 0.3 is 0 Å². The van der Waals surface area contributed by atoms with Crippen LogP contribution in [0, 0.1) is 28.6 Å². The Kier molecular flexibility index (Phi) is 3.14. The molecule has 0 aromatic carbocycles. The van der Waals surface area contributed by atoms with Crippen molar-refractivity contribution >= 4 is 11.6 Å². The number of aliphatic hydroxyl groups is 1. The topological polar surface area (TPSA) is 54.4 Å². The van der Waals surface area contributed by atoms with Crippen LogP contribution in [0.2, 0.25) is 0 Å². The third-order valence-electron chi connectivity index (χ3n) is 7.68. The highest BCUT2D eigenvalue weighted by Gasteiger charge is 2.71. The summed E-state index contributed by atoms with van der Waals surface area (Å²) in [6.45, 7) is 5.76. The summed E-state index contributed by atoms with van der Waals surface area (Å²) in [5.41, 5.74) is -2.61. The normalized spacial score (nSPS) is 53.3. The SMILES string of the molecule is C[C@H]1C[C@H]2[C@@H]3CCC(=O)[C@@]3(C)C[C@H](O)[C@]2(F)[C@@]2(C)C=CC(=O)C=C12. The van der Waals surface area contributed by atoms with Crippen molar-refractivity contribution in [2.45, 2.75) is 58.2 Å². The van der Waals surface area contributed by atoms with Gasteiger partial charge in [0.25, 0.3) is 0 Å². The molecule has 4 rings (SSSR count). The summed E-state index contributed by atoms with van der Waals surface area (Å²) in [5, 5.41) is 10.9. The fraction of sp³-hybridized carbons (Fsp3) is 0.700. The molecule has 0 bridgehead atoms. The van der Waals surface area contributed by atoms with Crippen molar-refractivity contribution in [1.82, 2.24) is 0 Å². The van der Waals surface area contributed by atoms with Gasteiger partial charge in [0.1, 0.15) is 5.78 Å². The number of alkyl halides is 1. The number of allylic oxidation sites excluding steroid dienone is 4. The van der Waals surface area contributed by atoms with Crippen molar-refractivity contribution < 1.29 is 19.1 Å². The predicted molar refractivity (Wildman–Crippen MR) is 87.9 cm³/mol. The van der Waals surface area contributed by atoms with E-state index in [2.05, 4.69) is 0 Å². The number of carbonyl (C=O) groups is 2. The fourth-order valence-corrected chi connectivity index (χ4v) is 6.37. The first-order chi connectivity index (χ1) is 11.1. The second-order valence-corrected chi connectivity index (χ2v) is 8.75. The smallest absolute Gasteiger partial charge is 0.178 e. The van der Waals surface area contributed by atoms with Crippen LogP contribution in [0.4, 0.5) is 4.39 Å². The lowest BCUT2D eigenvalue weighted by molar-refractivity contribution is -0.194. The molecule has 4 aliphatic rings. The van der Waals surface area contributed by atoms with E-state index in [0.29, 0.717) is 19.3 Å². The number of carbonyl (C=O) groups excluding carboxylic acids is 2. The van der Waals surface area contributed by atoms with Gasteiger partial charge in [-0.1, -0.05) is 25.5 Å². The van der Waals surface area contributed by atoms with Crippen molar-refractivity contribution in [2.75, 3.05) is 0 Å². The summed E-state index contributed by atoms with van der Waals surface area (Å²) in [5.74, 6) is -0.245. The Hall–Kier alpha value is -1.29. The molecule has 3 saturated carbocycles. The molecule has 130 valence electrons. The average Bonchev–Trinajstić information content (AvgIpc) is 2.80. The molecule has 0 aromatic heterocycles. The van der Waals surface area contributed by atoms with Crippen LogP contribution in [0.3, 0.4) is 0 Å². The molecule has 0 unspecified atom stereocenters. The first-order valence-electron chi connectivity index (χ1n) is 9.00. The molecule has 0 heterocycles. The Morgan fingerprint density at radius 3 is 2.67 bits per heavy atom. The van der Waals surface area contributed by atoms with Crippen LogP contribution in [-0.2, 0) is 9.59 Å². The third kappa shape index (κ3) is 1.66. The molecule has 1 N–H and O–H groups in total. The second kappa shape index (κ2) is 4.66. The van der Waals surface area contributed by atoms with E-state index in [1.807, 2.05) is 20.8 Å². The summed E-state index contributed by atoms with van der Waals surface area (Å²) in [4.78, 5) is 24.3. The van der Waals surface area contributed by atoms with Crippen molar-refractivity contribution in [2.24, 2.45) is 28.6 Å². The Labute approximate surface area is 142 Å². The van der Waals surface area contributed by atoms with Crippen molar-refractivity contribution in [1.29, 1.82) is 0 Å². The minimum Gasteiger partial charge on any atom is -0.390 e. The lowest BCUT2D eigenvalue weighted by Crippen LogP contribution is -2.67. The van der Waals surface area contributed by atoms with E-state index in [0.717, 1.165) is 5.57 Å². The van der Waals surface area contributed by atoms with Gasteiger partial charge < -0.3 is 5.11 Å². The van der Waals surface area contributed by atoms with Crippen LogP contribution >= 0.6 is 0 Å². The first-order valence-corrected chi connectivity index (χ1v) is 9.00. The van der Waals surface area contributed by atoms with Crippen molar-refractivity contribution in [3.05, 3.63) is 23.8 Å². The van der Waals surface area contributed by atoms with Gasteiger partial charge in [-0.2, -0.15) is 0 Å². The van der Waals surface area contributed by atoms with Crippen LogP contribution in [0.25, 0.3) is 0 Å². The maximum absolute atomic E-state index is 16.6. The predicted octanol–water partition coefficient (Wildman–Crippen LogP) is 3.17. The van der Waals surface area contributed by atoms with Gasteiger partial charge in [-0.3, -0.25) is 9.59 Å². The summed E-state index contributed by atoms with van der Waals surface area (Å²) in [6, 6.07) is 0. The molecule has 3 nitrogen and oxygen atoms in total.